The zero-order valence-electron chi connectivity index (χ0n) is 38.5. The van der Waals surface area contributed by atoms with E-state index < -0.39 is 0 Å². The standard InChI is InChI=1S/C52H84N2.2CH3.Ni/c1-5-9-12-14-16-18-20-22-24-26-28-30-32-34-45-37-41-47(42-38-45)51-49(8-4)50(36-11-7-3)52(54(51)53)48-43-39-46(40-44-48)35-33-31-29-27-25-23-21-19-17-15-13-10-6-2;;;/h37-44H,5-36H2,1-4H3;2*1H3;. The third-order valence-electron chi connectivity index (χ3n) is 12.1. The molecule has 0 amide bonds. The second kappa shape index (κ2) is 34.8. The SMILES string of the molecule is CCCCCCCCCCCCCCCc1ccc(C2=C(CC)C(CCCC)=C(c3ccc(CCCCCCCCCCCCCCC)cc3)[N+]2=[N-])cc1.[CH3][Ni][CH3]. The van der Waals surface area contributed by atoms with E-state index in [1.165, 1.54) is 194 Å². The number of nitrogens with zero attached hydrogens (tertiary/aromatic N) is 2. The van der Waals surface area contributed by atoms with Gasteiger partial charge in [-0.3, -0.25) is 0 Å². The van der Waals surface area contributed by atoms with Crippen molar-refractivity contribution in [2.45, 2.75) is 245 Å². The summed E-state index contributed by atoms with van der Waals surface area (Å²) in [6, 6.07) is 18.3. The van der Waals surface area contributed by atoms with E-state index in [1.54, 1.807) is 14.4 Å². The third-order valence-corrected chi connectivity index (χ3v) is 12.1. The van der Waals surface area contributed by atoms with Crippen molar-refractivity contribution >= 4 is 11.4 Å². The van der Waals surface area contributed by atoms with E-state index in [2.05, 4.69) is 88.0 Å². The van der Waals surface area contributed by atoms with Crippen molar-refractivity contribution in [1.29, 1.82) is 0 Å². The van der Waals surface area contributed by atoms with Gasteiger partial charge in [-0.15, -0.1) is 0 Å². The molecule has 3 rings (SSSR count). The van der Waals surface area contributed by atoms with Gasteiger partial charge in [-0.1, -0.05) is 212 Å². The Morgan fingerprint density at radius 1 is 0.368 bits per heavy atom. The van der Waals surface area contributed by atoms with E-state index in [0.717, 1.165) is 61.0 Å². The first-order valence-corrected chi connectivity index (χ1v) is 26.4. The molecule has 0 bridgehead atoms. The second-order valence-electron chi connectivity index (χ2n) is 17.1. The molecule has 0 unspecified atom stereocenters. The first-order chi connectivity index (χ1) is 28.1. The predicted molar refractivity (Wildman–Crippen MR) is 251 cm³/mol. The van der Waals surface area contributed by atoms with Crippen LogP contribution >= 0.6 is 0 Å². The molecule has 57 heavy (non-hydrogen) atoms. The molecule has 3 heteroatoms. The number of allylic oxidation sites excluding steroid dienone is 2. The van der Waals surface area contributed by atoms with Crippen molar-refractivity contribution < 1.29 is 19.1 Å². The van der Waals surface area contributed by atoms with Gasteiger partial charge in [-0.05, 0) is 80.3 Å². The van der Waals surface area contributed by atoms with Crippen LogP contribution < -0.4 is 0 Å². The molecule has 0 atom stereocenters. The fourth-order valence-electron chi connectivity index (χ4n) is 8.60. The van der Waals surface area contributed by atoms with Crippen LogP contribution in [0.25, 0.3) is 16.9 Å². The quantitative estimate of drug-likeness (QED) is 0.0382. The van der Waals surface area contributed by atoms with Crippen molar-refractivity contribution in [3.05, 3.63) is 87.5 Å². The van der Waals surface area contributed by atoms with Crippen LogP contribution in [0.5, 0.6) is 0 Å². The Kier molecular flexibility index (Phi) is 31.3. The molecule has 1 aliphatic heterocycles. The van der Waals surface area contributed by atoms with Crippen LogP contribution in [0, 0.1) is 0 Å². The Hall–Kier alpha value is -1.99. The van der Waals surface area contributed by atoms with Gasteiger partial charge in [-0.25, -0.2) is 4.70 Å². The van der Waals surface area contributed by atoms with Gasteiger partial charge in [0, 0.05) is 22.3 Å². The van der Waals surface area contributed by atoms with Crippen molar-refractivity contribution in [2.75, 3.05) is 0 Å². The van der Waals surface area contributed by atoms with Crippen LogP contribution in [0.15, 0.2) is 59.7 Å². The molecule has 326 valence electrons. The summed E-state index contributed by atoms with van der Waals surface area (Å²) in [6.45, 7) is 9.11. The van der Waals surface area contributed by atoms with Gasteiger partial charge in [-0.2, -0.15) is 0 Å². The fraction of sp³-hybridized carbons (Fsp3) is 0.704. The molecule has 0 fully saturated rings. The van der Waals surface area contributed by atoms with E-state index >= 15 is 0 Å². The molecule has 2 aromatic carbocycles. The molecule has 1 heterocycles. The van der Waals surface area contributed by atoms with Crippen molar-refractivity contribution in [3.8, 4) is 0 Å². The topological polar surface area (TPSA) is 25.3 Å². The number of aryl methyl sites for hydroxylation is 2. The molecule has 0 aromatic heterocycles. The van der Waals surface area contributed by atoms with Gasteiger partial charge in [0.15, 0.2) is 0 Å². The van der Waals surface area contributed by atoms with Gasteiger partial charge < -0.3 is 5.53 Å². The van der Waals surface area contributed by atoms with E-state index in [4.69, 9.17) is 0 Å². The normalized spacial score (nSPS) is 12.9. The molecular weight excluding hydrogens is 735 g/mol. The maximum absolute atomic E-state index is 11.9. The predicted octanol–water partition coefficient (Wildman–Crippen LogP) is 18.9. The second-order valence-corrected chi connectivity index (χ2v) is 18.1. The molecule has 2 nitrogen and oxygen atoms in total. The van der Waals surface area contributed by atoms with Crippen LogP contribution in [0.2, 0.25) is 11.8 Å². The van der Waals surface area contributed by atoms with Gasteiger partial charge >= 0.3 is 26.2 Å². The molecule has 0 saturated heterocycles. The van der Waals surface area contributed by atoms with Crippen LogP contribution in [0.4, 0.5) is 0 Å². The summed E-state index contributed by atoms with van der Waals surface area (Å²) in [5.41, 5.74) is 21.6. The van der Waals surface area contributed by atoms with Gasteiger partial charge in [0.1, 0.15) is 0 Å². The van der Waals surface area contributed by atoms with Crippen molar-refractivity contribution in [1.82, 2.24) is 0 Å². The Balaban J connectivity index is 0.00000362. The first kappa shape index (κ1) is 51.2. The zero-order chi connectivity index (χ0) is 41.2. The van der Waals surface area contributed by atoms with Crippen molar-refractivity contribution in [2.24, 2.45) is 0 Å². The van der Waals surface area contributed by atoms with Crippen LogP contribution in [-0.2, 0) is 27.3 Å². The van der Waals surface area contributed by atoms with Crippen molar-refractivity contribution in [3.63, 3.8) is 0 Å². The first-order valence-electron chi connectivity index (χ1n) is 24.4. The summed E-state index contributed by atoms with van der Waals surface area (Å²) in [7, 11) is 0. The number of rotatable bonds is 34. The molecule has 0 saturated carbocycles. The van der Waals surface area contributed by atoms with Crippen LogP contribution in [0.1, 0.15) is 243 Å². The van der Waals surface area contributed by atoms with E-state index in [-0.39, 0.29) is 0 Å². The molecule has 0 spiro atoms. The summed E-state index contributed by atoms with van der Waals surface area (Å²) in [4.78, 5) is 0. The minimum absolute atomic E-state index is 0.923. The monoisotopic (exact) mass is 825 g/mol. The van der Waals surface area contributed by atoms with Gasteiger partial charge in [0.05, 0.1) is 0 Å². The fourth-order valence-corrected chi connectivity index (χ4v) is 8.60. The minimum atomic E-state index is 0.923. The summed E-state index contributed by atoms with van der Waals surface area (Å²) >= 11 is 1.62. The molecule has 0 radical (unpaired) electrons. The average molecular weight is 826 g/mol. The molecule has 2 aromatic rings. The number of hydrogen-bond acceptors (Lipinski definition) is 0. The molecular formula is C54H90N2Ni. The summed E-state index contributed by atoms with van der Waals surface area (Å²) in [6.07, 6.45) is 42.8. The Labute approximate surface area is 361 Å². The maximum atomic E-state index is 11.9. The van der Waals surface area contributed by atoms with Crippen LogP contribution in [-0.4, -0.2) is 4.70 Å². The van der Waals surface area contributed by atoms with E-state index in [1.807, 2.05) is 0 Å². The summed E-state index contributed by atoms with van der Waals surface area (Å²) in [5, 5.41) is 0. The number of unbranched alkanes of at least 4 members (excludes halogenated alkanes) is 25. The molecule has 1 aliphatic rings. The van der Waals surface area contributed by atoms with E-state index in [9.17, 15) is 5.53 Å². The average Bonchev–Trinajstić information content (AvgIpc) is 3.51. The van der Waals surface area contributed by atoms with Gasteiger partial charge in [0.25, 0.3) is 0 Å². The number of hydrogen-bond donors (Lipinski definition) is 0. The van der Waals surface area contributed by atoms with Gasteiger partial charge in [0.2, 0.25) is 11.4 Å². The molecule has 0 aliphatic carbocycles. The van der Waals surface area contributed by atoms with E-state index in [0.29, 0.717) is 0 Å². The summed E-state index contributed by atoms with van der Waals surface area (Å²) < 4.78 is 1.53. The molecule has 0 N–H and O–H groups in total. The Morgan fingerprint density at radius 3 is 0.947 bits per heavy atom. The Bertz CT molecular complexity index is 1330. The third kappa shape index (κ3) is 21.7. The zero-order valence-corrected chi connectivity index (χ0v) is 39.4. The number of benzene rings is 2. The van der Waals surface area contributed by atoms with Crippen LogP contribution in [0.3, 0.4) is 0 Å². The Morgan fingerprint density at radius 2 is 0.649 bits per heavy atom. The summed E-state index contributed by atoms with van der Waals surface area (Å²) in [5.74, 6) is 4.12.